The van der Waals surface area contributed by atoms with Crippen molar-refractivity contribution in [2.45, 2.75) is 46.0 Å². The van der Waals surface area contributed by atoms with Crippen LogP contribution in [0.2, 0.25) is 0 Å². The quantitative estimate of drug-likeness (QED) is 0.670. The third kappa shape index (κ3) is 2.57. The van der Waals surface area contributed by atoms with E-state index in [0.29, 0.717) is 5.92 Å². The van der Waals surface area contributed by atoms with Crippen LogP contribution in [0.4, 0.5) is 4.39 Å². The fraction of sp³-hybridized carbons (Fsp3) is 0.538. The molecule has 0 bridgehead atoms. The lowest BCUT2D eigenvalue weighted by Crippen LogP contribution is -1.99. The fourth-order valence-electron chi connectivity index (χ4n) is 1.73. The van der Waals surface area contributed by atoms with E-state index >= 15 is 0 Å². The Morgan fingerprint density at radius 3 is 2.57 bits per heavy atom. The van der Waals surface area contributed by atoms with Crippen LogP contribution in [0.25, 0.3) is 0 Å². The molecule has 14 heavy (non-hydrogen) atoms. The molecule has 1 aromatic rings. The van der Waals surface area contributed by atoms with Crippen molar-refractivity contribution in [3.05, 3.63) is 35.1 Å². The highest BCUT2D eigenvalue weighted by atomic mass is 19.1. The number of halogens is 1. The number of rotatable bonds is 4. The molecular weight excluding hydrogens is 175 g/mol. The second-order valence-corrected chi connectivity index (χ2v) is 4.07. The normalized spacial score (nSPS) is 10.9. The Kier molecular flexibility index (Phi) is 4.12. The van der Waals surface area contributed by atoms with Crippen LogP contribution in [0.15, 0.2) is 18.2 Å². The highest BCUT2D eigenvalue weighted by Gasteiger charge is 2.09. The van der Waals surface area contributed by atoms with Gasteiger partial charge in [-0.05, 0) is 36.0 Å². The van der Waals surface area contributed by atoms with Gasteiger partial charge in [0.1, 0.15) is 5.82 Å². The molecule has 0 unspecified atom stereocenters. The Hall–Kier alpha value is -0.850. The van der Waals surface area contributed by atoms with Gasteiger partial charge in [-0.15, -0.1) is 0 Å². The van der Waals surface area contributed by atoms with E-state index < -0.39 is 0 Å². The number of benzene rings is 1. The van der Waals surface area contributed by atoms with Crippen LogP contribution in [-0.2, 0) is 6.42 Å². The first kappa shape index (κ1) is 11.2. The van der Waals surface area contributed by atoms with Gasteiger partial charge in [-0.3, -0.25) is 0 Å². The maximum Gasteiger partial charge on any atom is 0.126 e. The predicted octanol–water partition coefficient (Wildman–Crippen LogP) is 4.29. The Bertz CT molecular complexity index is 289. The molecule has 0 nitrogen and oxygen atoms in total. The Labute approximate surface area is 86.2 Å². The van der Waals surface area contributed by atoms with E-state index in [-0.39, 0.29) is 5.82 Å². The molecule has 0 saturated carbocycles. The summed E-state index contributed by atoms with van der Waals surface area (Å²) in [6, 6.07) is 5.41. The zero-order valence-electron chi connectivity index (χ0n) is 9.31. The molecule has 0 aliphatic rings. The van der Waals surface area contributed by atoms with E-state index in [1.165, 1.54) is 5.56 Å². The van der Waals surface area contributed by atoms with Crippen LogP contribution in [0.1, 0.15) is 50.7 Å². The van der Waals surface area contributed by atoms with Crippen molar-refractivity contribution in [3.8, 4) is 0 Å². The molecule has 0 aliphatic heterocycles. The molecule has 0 atom stereocenters. The van der Waals surface area contributed by atoms with Gasteiger partial charge in [0, 0.05) is 0 Å². The van der Waals surface area contributed by atoms with Gasteiger partial charge >= 0.3 is 0 Å². The summed E-state index contributed by atoms with van der Waals surface area (Å²) >= 11 is 0. The van der Waals surface area contributed by atoms with Gasteiger partial charge in [0.2, 0.25) is 0 Å². The van der Waals surface area contributed by atoms with E-state index in [1.54, 1.807) is 12.1 Å². The minimum Gasteiger partial charge on any atom is -0.207 e. The zero-order valence-corrected chi connectivity index (χ0v) is 9.31. The van der Waals surface area contributed by atoms with Crippen molar-refractivity contribution >= 4 is 0 Å². The summed E-state index contributed by atoms with van der Waals surface area (Å²) in [5, 5.41) is 0. The van der Waals surface area contributed by atoms with E-state index in [9.17, 15) is 4.39 Å². The number of hydrogen-bond acceptors (Lipinski definition) is 0. The monoisotopic (exact) mass is 194 g/mol. The zero-order chi connectivity index (χ0) is 10.6. The summed E-state index contributed by atoms with van der Waals surface area (Å²) in [7, 11) is 0. The average molecular weight is 194 g/mol. The first-order valence-electron chi connectivity index (χ1n) is 5.44. The van der Waals surface area contributed by atoms with Crippen molar-refractivity contribution in [1.29, 1.82) is 0 Å². The Morgan fingerprint density at radius 2 is 2.00 bits per heavy atom. The summed E-state index contributed by atoms with van der Waals surface area (Å²) in [6.07, 6.45) is 3.06. The third-order valence-corrected chi connectivity index (χ3v) is 2.56. The predicted molar refractivity (Wildman–Crippen MR) is 59.1 cm³/mol. The summed E-state index contributed by atoms with van der Waals surface area (Å²) < 4.78 is 13.5. The minimum absolute atomic E-state index is 0.0374. The second kappa shape index (κ2) is 5.14. The molecule has 0 N–H and O–H groups in total. The number of hydrogen-bond donors (Lipinski definition) is 0. The topological polar surface area (TPSA) is 0 Å². The largest absolute Gasteiger partial charge is 0.207 e. The van der Waals surface area contributed by atoms with E-state index in [4.69, 9.17) is 0 Å². The molecule has 1 aromatic carbocycles. The molecule has 0 aliphatic carbocycles. The molecule has 0 aromatic heterocycles. The molecule has 0 radical (unpaired) electrons. The third-order valence-electron chi connectivity index (χ3n) is 2.56. The summed E-state index contributed by atoms with van der Waals surface area (Å²) in [5.74, 6) is 0.377. The van der Waals surface area contributed by atoms with E-state index in [0.717, 1.165) is 24.8 Å². The standard InChI is InChI=1S/C13H19F/c1-4-5-7-12-11(10(2)3)8-6-9-13(12)14/h6,8-10H,4-5,7H2,1-3H3. The summed E-state index contributed by atoms with van der Waals surface area (Å²) in [5.41, 5.74) is 2.09. The van der Waals surface area contributed by atoms with Gasteiger partial charge in [0.15, 0.2) is 0 Å². The van der Waals surface area contributed by atoms with Crippen molar-refractivity contribution in [1.82, 2.24) is 0 Å². The van der Waals surface area contributed by atoms with Crippen LogP contribution in [0.5, 0.6) is 0 Å². The first-order valence-corrected chi connectivity index (χ1v) is 5.44. The molecule has 0 fully saturated rings. The molecule has 0 spiro atoms. The molecule has 0 amide bonds. The van der Waals surface area contributed by atoms with Crippen molar-refractivity contribution < 1.29 is 4.39 Å². The lowest BCUT2D eigenvalue weighted by Gasteiger charge is -2.13. The highest BCUT2D eigenvalue weighted by molar-refractivity contribution is 5.31. The van der Waals surface area contributed by atoms with Crippen LogP contribution in [-0.4, -0.2) is 0 Å². The molecule has 78 valence electrons. The van der Waals surface area contributed by atoms with Gasteiger partial charge in [-0.25, -0.2) is 4.39 Å². The number of unbranched alkanes of at least 4 members (excludes halogenated alkanes) is 1. The lowest BCUT2D eigenvalue weighted by atomic mass is 9.94. The average Bonchev–Trinajstić information content (AvgIpc) is 2.15. The first-order chi connectivity index (χ1) is 6.66. The van der Waals surface area contributed by atoms with E-state index in [1.807, 2.05) is 6.07 Å². The minimum atomic E-state index is -0.0374. The lowest BCUT2D eigenvalue weighted by molar-refractivity contribution is 0.595. The SMILES string of the molecule is CCCCc1c(F)cccc1C(C)C. The molecular formula is C13H19F. The Balaban J connectivity index is 2.96. The van der Waals surface area contributed by atoms with Crippen LogP contribution < -0.4 is 0 Å². The molecule has 0 saturated heterocycles. The smallest absolute Gasteiger partial charge is 0.126 e. The van der Waals surface area contributed by atoms with Crippen molar-refractivity contribution in [2.75, 3.05) is 0 Å². The second-order valence-electron chi connectivity index (χ2n) is 4.07. The van der Waals surface area contributed by atoms with Crippen LogP contribution in [0, 0.1) is 5.82 Å². The van der Waals surface area contributed by atoms with Gasteiger partial charge in [0.05, 0.1) is 0 Å². The van der Waals surface area contributed by atoms with Crippen LogP contribution in [0.3, 0.4) is 0 Å². The summed E-state index contributed by atoms with van der Waals surface area (Å²) in [4.78, 5) is 0. The molecule has 1 rings (SSSR count). The van der Waals surface area contributed by atoms with Gasteiger partial charge in [0.25, 0.3) is 0 Å². The Morgan fingerprint density at radius 1 is 1.29 bits per heavy atom. The van der Waals surface area contributed by atoms with Gasteiger partial charge in [-0.1, -0.05) is 39.3 Å². The maximum atomic E-state index is 13.5. The maximum absolute atomic E-state index is 13.5. The molecule has 0 heterocycles. The van der Waals surface area contributed by atoms with Gasteiger partial charge < -0.3 is 0 Å². The van der Waals surface area contributed by atoms with Crippen molar-refractivity contribution in [2.24, 2.45) is 0 Å². The van der Waals surface area contributed by atoms with Crippen LogP contribution >= 0.6 is 0 Å². The van der Waals surface area contributed by atoms with E-state index in [2.05, 4.69) is 20.8 Å². The van der Waals surface area contributed by atoms with Gasteiger partial charge in [-0.2, -0.15) is 0 Å². The van der Waals surface area contributed by atoms with Crippen molar-refractivity contribution in [3.63, 3.8) is 0 Å². The fourth-order valence-corrected chi connectivity index (χ4v) is 1.73. The highest BCUT2D eigenvalue weighted by Crippen LogP contribution is 2.23. The summed E-state index contributed by atoms with van der Waals surface area (Å²) in [6.45, 7) is 6.37. The molecule has 1 heteroatoms.